The number of rotatable bonds is 7. The quantitative estimate of drug-likeness (QED) is 0.646. The molecule has 1 saturated heterocycles. The molecular formula is C22H28ClN3O3. The SMILES string of the molecule is COCC1(CNC(=O)c2ccccc2NC(=O)c2ccccc2)CCNCC1.Cl. The van der Waals surface area contributed by atoms with E-state index in [1.807, 2.05) is 18.2 Å². The number of ether oxygens (including phenoxy) is 1. The Morgan fingerprint density at radius 1 is 1.00 bits per heavy atom. The molecule has 1 aliphatic heterocycles. The van der Waals surface area contributed by atoms with Gasteiger partial charge in [-0.2, -0.15) is 0 Å². The summed E-state index contributed by atoms with van der Waals surface area (Å²) in [5, 5.41) is 9.24. The maximum absolute atomic E-state index is 12.9. The summed E-state index contributed by atoms with van der Waals surface area (Å²) in [7, 11) is 1.69. The highest BCUT2D eigenvalue weighted by Gasteiger charge is 2.32. The molecule has 6 nitrogen and oxygen atoms in total. The summed E-state index contributed by atoms with van der Waals surface area (Å²) in [6.07, 6.45) is 1.90. The number of halogens is 1. The molecule has 156 valence electrons. The van der Waals surface area contributed by atoms with Gasteiger partial charge in [0.05, 0.1) is 17.9 Å². The van der Waals surface area contributed by atoms with Crippen molar-refractivity contribution in [2.45, 2.75) is 12.8 Å². The van der Waals surface area contributed by atoms with Gasteiger partial charge in [-0.15, -0.1) is 12.4 Å². The Labute approximate surface area is 177 Å². The number of anilines is 1. The van der Waals surface area contributed by atoms with Crippen LogP contribution in [0.4, 0.5) is 5.69 Å². The summed E-state index contributed by atoms with van der Waals surface area (Å²) >= 11 is 0. The summed E-state index contributed by atoms with van der Waals surface area (Å²) < 4.78 is 5.41. The average molecular weight is 418 g/mol. The van der Waals surface area contributed by atoms with E-state index < -0.39 is 0 Å². The lowest BCUT2D eigenvalue weighted by Gasteiger charge is -2.37. The van der Waals surface area contributed by atoms with Crippen molar-refractivity contribution in [3.63, 3.8) is 0 Å². The highest BCUT2D eigenvalue weighted by Crippen LogP contribution is 2.28. The largest absolute Gasteiger partial charge is 0.384 e. The number of methoxy groups -OCH3 is 1. The standard InChI is InChI=1S/C22H27N3O3.ClH/c1-28-16-22(11-13-23-14-12-22)15-24-21(27)18-9-5-6-10-19(18)25-20(26)17-7-3-2-4-8-17;/h2-10,23H,11-16H2,1H3,(H,24,27)(H,25,26);1H. The van der Waals surface area contributed by atoms with Gasteiger partial charge in [-0.05, 0) is 50.2 Å². The summed E-state index contributed by atoms with van der Waals surface area (Å²) in [5.41, 5.74) is 1.44. The Kier molecular flexibility index (Phi) is 8.64. The van der Waals surface area contributed by atoms with Gasteiger partial charge in [0.2, 0.25) is 0 Å². The third kappa shape index (κ3) is 6.03. The molecule has 0 spiro atoms. The Bertz CT molecular complexity index is 802. The minimum absolute atomic E-state index is 0. The van der Waals surface area contributed by atoms with E-state index in [0.717, 1.165) is 25.9 Å². The van der Waals surface area contributed by atoms with E-state index in [1.165, 1.54) is 0 Å². The molecule has 2 amide bonds. The van der Waals surface area contributed by atoms with Crippen molar-refractivity contribution in [3.05, 3.63) is 65.7 Å². The molecule has 1 fully saturated rings. The molecule has 0 unspecified atom stereocenters. The molecule has 0 atom stereocenters. The number of nitrogens with one attached hydrogen (secondary N) is 3. The average Bonchev–Trinajstić information content (AvgIpc) is 2.74. The van der Waals surface area contributed by atoms with Crippen LogP contribution in [0.2, 0.25) is 0 Å². The van der Waals surface area contributed by atoms with E-state index in [4.69, 9.17) is 4.74 Å². The van der Waals surface area contributed by atoms with Crippen LogP contribution in [0.3, 0.4) is 0 Å². The molecule has 29 heavy (non-hydrogen) atoms. The maximum Gasteiger partial charge on any atom is 0.255 e. The van der Waals surface area contributed by atoms with Crippen molar-refractivity contribution in [2.24, 2.45) is 5.41 Å². The number of amides is 2. The third-order valence-electron chi connectivity index (χ3n) is 5.19. The normalized spacial score (nSPS) is 15.1. The Hall–Kier alpha value is -2.41. The number of para-hydroxylation sites is 1. The number of hydrogen-bond donors (Lipinski definition) is 3. The van der Waals surface area contributed by atoms with Gasteiger partial charge in [-0.3, -0.25) is 9.59 Å². The molecule has 0 saturated carbocycles. The van der Waals surface area contributed by atoms with Crippen LogP contribution in [-0.2, 0) is 4.74 Å². The van der Waals surface area contributed by atoms with Crippen LogP contribution in [0.5, 0.6) is 0 Å². The number of hydrogen-bond acceptors (Lipinski definition) is 4. The lowest BCUT2D eigenvalue weighted by atomic mass is 9.79. The van der Waals surface area contributed by atoms with E-state index >= 15 is 0 Å². The summed E-state index contributed by atoms with van der Waals surface area (Å²) in [6.45, 7) is 3.00. The van der Waals surface area contributed by atoms with Gasteiger partial charge >= 0.3 is 0 Å². The molecular weight excluding hydrogens is 390 g/mol. The van der Waals surface area contributed by atoms with Crippen molar-refractivity contribution < 1.29 is 14.3 Å². The first-order chi connectivity index (χ1) is 13.6. The molecule has 7 heteroatoms. The predicted molar refractivity (Wildman–Crippen MR) is 117 cm³/mol. The molecule has 0 radical (unpaired) electrons. The lowest BCUT2D eigenvalue weighted by molar-refractivity contribution is 0.0512. The van der Waals surface area contributed by atoms with Gasteiger partial charge in [0.25, 0.3) is 11.8 Å². The lowest BCUT2D eigenvalue weighted by Crippen LogP contribution is -2.47. The van der Waals surface area contributed by atoms with Crippen LogP contribution in [0.15, 0.2) is 54.6 Å². The van der Waals surface area contributed by atoms with Crippen molar-refractivity contribution in [1.29, 1.82) is 0 Å². The summed E-state index contributed by atoms with van der Waals surface area (Å²) in [5.74, 6) is -0.437. The Morgan fingerprint density at radius 2 is 1.66 bits per heavy atom. The van der Waals surface area contributed by atoms with E-state index in [1.54, 1.807) is 43.5 Å². The van der Waals surface area contributed by atoms with E-state index in [9.17, 15) is 9.59 Å². The monoisotopic (exact) mass is 417 g/mol. The second kappa shape index (κ2) is 11.0. The van der Waals surface area contributed by atoms with Gasteiger partial charge < -0.3 is 20.7 Å². The zero-order valence-electron chi connectivity index (χ0n) is 16.6. The fourth-order valence-electron chi connectivity index (χ4n) is 3.57. The predicted octanol–water partition coefficient (Wildman–Crippen LogP) is 3.11. The van der Waals surface area contributed by atoms with Crippen molar-refractivity contribution in [3.8, 4) is 0 Å². The summed E-state index contributed by atoms with van der Waals surface area (Å²) in [6, 6.07) is 16.0. The number of carbonyl (C=O) groups excluding carboxylic acids is 2. The van der Waals surface area contributed by atoms with Gasteiger partial charge in [0.1, 0.15) is 0 Å². The minimum atomic E-state index is -0.241. The summed E-state index contributed by atoms with van der Waals surface area (Å²) in [4.78, 5) is 25.3. The number of piperidine rings is 1. The molecule has 1 heterocycles. The number of carbonyl (C=O) groups is 2. The number of benzene rings is 2. The zero-order chi connectivity index (χ0) is 19.8. The van der Waals surface area contributed by atoms with Gasteiger partial charge in [0, 0.05) is 24.6 Å². The van der Waals surface area contributed by atoms with E-state index in [0.29, 0.717) is 30.0 Å². The van der Waals surface area contributed by atoms with Crippen molar-refractivity contribution in [2.75, 3.05) is 38.7 Å². The first-order valence-corrected chi connectivity index (χ1v) is 9.57. The topological polar surface area (TPSA) is 79.5 Å². The van der Waals surface area contributed by atoms with Crippen LogP contribution < -0.4 is 16.0 Å². The first-order valence-electron chi connectivity index (χ1n) is 9.57. The Balaban J connectivity index is 0.00000300. The molecule has 0 bridgehead atoms. The second-order valence-corrected chi connectivity index (χ2v) is 7.23. The molecule has 0 aromatic heterocycles. The highest BCUT2D eigenvalue weighted by molar-refractivity contribution is 6.08. The van der Waals surface area contributed by atoms with Crippen LogP contribution >= 0.6 is 12.4 Å². The van der Waals surface area contributed by atoms with Crippen LogP contribution in [0.1, 0.15) is 33.6 Å². The van der Waals surface area contributed by atoms with Crippen LogP contribution in [-0.4, -0.2) is 45.2 Å². The minimum Gasteiger partial charge on any atom is -0.384 e. The molecule has 3 rings (SSSR count). The fraction of sp³-hybridized carbons (Fsp3) is 0.364. The fourth-order valence-corrected chi connectivity index (χ4v) is 3.57. The van der Waals surface area contributed by atoms with Gasteiger partial charge in [0.15, 0.2) is 0 Å². The van der Waals surface area contributed by atoms with Crippen molar-refractivity contribution >= 4 is 29.9 Å². The van der Waals surface area contributed by atoms with Gasteiger partial charge in [-0.25, -0.2) is 0 Å². The highest BCUT2D eigenvalue weighted by atomic mass is 35.5. The zero-order valence-corrected chi connectivity index (χ0v) is 17.4. The smallest absolute Gasteiger partial charge is 0.255 e. The first kappa shape index (κ1) is 22.9. The molecule has 0 aliphatic carbocycles. The van der Waals surface area contributed by atoms with Gasteiger partial charge in [-0.1, -0.05) is 30.3 Å². The molecule has 2 aromatic carbocycles. The van der Waals surface area contributed by atoms with Crippen molar-refractivity contribution in [1.82, 2.24) is 10.6 Å². The molecule has 1 aliphatic rings. The maximum atomic E-state index is 12.9. The van der Waals surface area contributed by atoms with E-state index in [2.05, 4.69) is 16.0 Å². The molecule has 3 N–H and O–H groups in total. The van der Waals surface area contributed by atoms with Crippen LogP contribution in [0, 0.1) is 5.41 Å². The third-order valence-corrected chi connectivity index (χ3v) is 5.19. The molecule has 2 aromatic rings. The van der Waals surface area contributed by atoms with Crippen LogP contribution in [0.25, 0.3) is 0 Å². The Morgan fingerprint density at radius 3 is 2.34 bits per heavy atom. The second-order valence-electron chi connectivity index (χ2n) is 7.23. The van der Waals surface area contributed by atoms with E-state index in [-0.39, 0.29) is 29.6 Å².